The van der Waals surface area contributed by atoms with Crippen molar-refractivity contribution in [3.63, 3.8) is 0 Å². The second kappa shape index (κ2) is 4.81. The van der Waals surface area contributed by atoms with E-state index in [2.05, 4.69) is 20.8 Å². The first-order valence-corrected chi connectivity index (χ1v) is 5.36. The van der Waals surface area contributed by atoms with Crippen molar-refractivity contribution in [3.8, 4) is 0 Å². The monoisotopic (exact) mass is 200 g/mol. The lowest BCUT2D eigenvalue weighted by Crippen LogP contribution is -2.27. The van der Waals surface area contributed by atoms with Gasteiger partial charge in [-0.3, -0.25) is 4.79 Å². The predicted molar refractivity (Wildman–Crippen MR) is 59.1 cm³/mol. The molecule has 0 aromatic rings. The van der Waals surface area contributed by atoms with Gasteiger partial charge in [0.15, 0.2) is 0 Å². The number of hydrogen-bond acceptors (Lipinski definition) is 2. The average Bonchev–Trinajstić information content (AvgIpc) is 2.02. The molecule has 2 heteroatoms. The fourth-order valence-electron chi connectivity index (χ4n) is 0.790. The molecule has 0 atom stereocenters. The Kier molecular flexibility index (Phi) is 4.63. The molecular formula is C12H24O2. The van der Waals surface area contributed by atoms with Crippen molar-refractivity contribution >= 4 is 5.97 Å². The van der Waals surface area contributed by atoms with Crippen LogP contribution in [0.4, 0.5) is 0 Å². The minimum atomic E-state index is -0.335. The number of carbonyl (C=O) groups excluding carboxylic acids is 1. The van der Waals surface area contributed by atoms with Gasteiger partial charge >= 0.3 is 5.97 Å². The zero-order valence-electron chi connectivity index (χ0n) is 10.4. The molecular weight excluding hydrogens is 176 g/mol. The quantitative estimate of drug-likeness (QED) is 0.650. The van der Waals surface area contributed by atoms with Crippen molar-refractivity contribution in [2.75, 3.05) is 6.61 Å². The van der Waals surface area contributed by atoms with Crippen LogP contribution in [0, 0.1) is 10.8 Å². The zero-order valence-corrected chi connectivity index (χ0v) is 10.4. The molecule has 0 saturated carbocycles. The van der Waals surface area contributed by atoms with Crippen LogP contribution in [0.15, 0.2) is 0 Å². The fourth-order valence-corrected chi connectivity index (χ4v) is 0.790. The highest BCUT2D eigenvalue weighted by Crippen LogP contribution is 2.23. The van der Waals surface area contributed by atoms with Crippen LogP contribution in [-0.2, 0) is 9.53 Å². The highest BCUT2D eigenvalue weighted by Gasteiger charge is 2.27. The van der Waals surface area contributed by atoms with E-state index >= 15 is 0 Å². The third kappa shape index (κ3) is 5.25. The van der Waals surface area contributed by atoms with Crippen molar-refractivity contribution < 1.29 is 9.53 Å². The molecule has 0 spiro atoms. The van der Waals surface area contributed by atoms with Crippen molar-refractivity contribution in [3.05, 3.63) is 0 Å². The van der Waals surface area contributed by atoms with Crippen molar-refractivity contribution in [2.24, 2.45) is 10.8 Å². The minimum Gasteiger partial charge on any atom is -0.465 e. The summed E-state index contributed by atoms with van der Waals surface area (Å²) in [7, 11) is 0. The van der Waals surface area contributed by atoms with Crippen LogP contribution in [0.5, 0.6) is 0 Å². The van der Waals surface area contributed by atoms with Gasteiger partial charge in [0.25, 0.3) is 0 Å². The molecule has 2 nitrogen and oxygen atoms in total. The Morgan fingerprint density at radius 1 is 1.14 bits per heavy atom. The van der Waals surface area contributed by atoms with Gasteiger partial charge in [0.05, 0.1) is 12.0 Å². The van der Waals surface area contributed by atoms with E-state index in [0.29, 0.717) is 6.61 Å². The van der Waals surface area contributed by atoms with Crippen LogP contribution < -0.4 is 0 Å². The van der Waals surface area contributed by atoms with E-state index in [1.54, 1.807) is 0 Å². The van der Waals surface area contributed by atoms with Gasteiger partial charge in [0.1, 0.15) is 0 Å². The summed E-state index contributed by atoms with van der Waals surface area (Å²) in [6.45, 7) is 12.8. The lowest BCUT2D eigenvalue weighted by Gasteiger charge is -2.22. The summed E-state index contributed by atoms with van der Waals surface area (Å²) >= 11 is 0. The first-order valence-electron chi connectivity index (χ1n) is 5.36. The second-order valence-electron chi connectivity index (χ2n) is 5.68. The molecule has 84 valence electrons. The maximum Gasteiger partial charge on any atom is 0.311 e. The molecule has 0 saturated heterocycles. The van der Waals surface area contributed by atoms with Crippen molar-refractivity contribution in [2.45, 2.75) is 54.4 Å². The molecule has 0 amide bonds. The van der Waals surface area contributed by atoms with E-state index in [0.717, 1.165) is 12.8 Å². The maximum absolute atomic E-state index is 11.6. The first-order chi connectivity index (χ1) is 6.19. The molecule has 0 N–H and O–H groups in total. The van der Waals surface area contributed by atoms with Gasteiger partial charge in [-0.2, -0.15) is 0 Å². The van der Waals surface area contributed by atoms with Gasteiger partial charge in [-0.05, 0) is 32.1 Å². The Labute approximate surface area is 88.0 Å². The number of ether oxygens (including phenoxy) is 1. The summed E-state index contributed by atoms with van der Waals surface area (Å²) in [5.41, 5.74) is -0.103. The molecule has 0 heterocycles. The first kappa shape index (κ1) is 13.5. The molecule has 0 aromatic heterocycles. The van der Waals surface area contributed by atoms with Gasteiger partial charge in [-0.1, -0.05) is 27.7 Å². The van der Waals surface area contributed by atoms with Crippen LogP contribution in [-0.4, -0.2) is 12.6 Å². The maximum atomic E-state index is 11.6. The molecule has 0 rings (SSSR count). The summed E-state index contributed by atoms with van der Waals surface area (Å²) < 4.78 is 5.23. The molecule has 0 aliphatic heterocycles. The Bertz CT molecular complexity index is 187. The molecule has 0 radical (unpaired) electrons. The summed E-state index contributed by atoms with van der Waals surface area (Å²) in [6.07, 6.45) is 1.74. The smallest absolute Gasteiger partial charge is 0.311 e. The third-order valence-corrected chi connectivity index (χ3v) is 2.52. The fraction of sp³-hybridized carbons (Fsp3) is 0.917. The molecule has 0 aliphatic carbocycles. The number of hydrogen-bond donors (Lipinski definition) is 0. The van der Waals surface area contributed by atoms with Crippen molar-refractivity contribution in [1.29, 1.82) is 0 Å². The van der Waals surface area contributed by atoms with Crippen LogP contribution >= 0.6 is 0 Å². The zero-order chi connectivity index (χ0) is 11.4. The normalized spacial score (nSPS) is 12.7. The Morgan fingerprint density at radius 2 is 1.64 bits per heavy atom. The SMILES string of the molecule is CCC(C)(C)C(=O)OCCC(C)(C)C. The summed E-state index contributed by atoms with van der Waals surface area (Å²) in [4.78, 5) is 11.6. The standard InChI is InChI=1S/C12H24O2/c1-7-12(5,6)10(13)14-9-8-11(2,3)4/h7-9H2,1-6H3. The van der Waals surface area contributed by atoms with Crippen molar-refractivity contribution in [1.82, 2.24) is 0 Å². The second-order valence-corrected chi connectivity index (χ2v) is 5.68. The summed E-state index contributed by atoms with van der Waals surface area (Å²) in [5.74, 6) is -0.0794. The average molecular weight is 200 g/mol. The lowest BCUT2D eigenvalue weighted by molar-refractivity contribution is -0.154. The summed E-state index contributed by atoms with van der Waals surface area (Å²) in [6, 6.07) is 0. The van der Waals surface area contributed by atoms with E-state index < -0.39 is 0 Å². The highest BCUT2D eigenvalue weighted by molar-refractivity contribution is 5.75. The van der Waals surface area contributed by atoms with E-state index in [1.165, 1.54) is 0 Å². The number of rotatable bonds is 4. The predicted octanol–water partition coefficient (Wildman–Crippen LogP) is 3.40. The largest absolute Gasteiger partial charge is 0.465 e. The van der Waals surface area contributed by atoms with Crippen LogP contribution in [0.2, 0.25) is 0 Å². The van der Waals surface area contributed by atoms with Crippen LogP contribution in [0.3, 0.4) is 0 Å². The minimum absolute atomic E-state index is 0.0794. The summed E-state index contributed by atoms with van der Waals surface area (Å²) in [5, 5.41) is 0. The van der Waals surface area contributed by atoms with Gasteiger partial charge in [0, 0.05) is 0 Å². The number of carbonyl (C=O) groups is 1. The Hall–Kier alpha value is -0.530. The molecule has 0 fully saturated rings. The highest BCUT2D eigenvalue weighted by atomic mass is 16.5. The van der Waals surface area contributed by atoms with E-state index in [4.69, 9.17) is 4.74 Å². The van der Waals surface area contributed by atoms with E-state index in [9.17, 15) is 4.79 Å². The number of esters is 1. The van der Waals surface area contributed by atoms with Gasteiger partial charge in [0.2, 0.25) is 0 Å². The lowest BCUT2D eigenvalue weighted by atomic mass is 9.90. The van der Waals surface area contributed by atoms with Gasteiger partial charge in [-0.15, -0.1) is 0 Å². The topological polar surface area (TPSA) is 26.3 Å². The van der Waals surface area contributed by atoms with Crippen LogP contribution in [0.25, 0.3) is 0 Å². The molecule has 0 unspecified atom stereocenters. The van der Waals surface area contributed by atoms with Crippen LogP contribution in [0.1, 0.15) is 54.4 Å². The molecule has 14 heavy (non-hydrogen) atoms. The Balaban J connectivity index is 3.87. The van der Waals surface area contributed by atoms with E-state index in [-0.39, 0.29) is 16.8 Å². The Morgan fingerprint density at radius 3 is 2.00 bits per heavy atom. The molecule has 0 bridgehead atoms. The molecule has 0 aliphatic rings. The van der Waals surface area contributed by atoms with E-state index in [1.807, 2.05) is 20.8 Å². The van der Waals surface area contributed by atoms with Gasteiger partial charge in [-0.25, -0.2) is 0 Å². The van der Waals surface area contributed by atoms with Gasteiger partial charge < -0.3 is 4.74 Å². The molecule has 0 aromatic carbocycles. The third-order valence-electron chi connectivity index (χ3n) is 2.52.